The van der Waals surface area contributed by atoms with Crippen molar-refractivity contribution in [2.75, 3.05) is 18.0 Å². The number of hydrogen-bond acceptors (Lipinski definition) is 7. The van der Waals surface area contributed by atoms with Gasteiger partial charge in [0.05, 0.1) is 18.8 Å². The van der Waals surface area contributed by atoms with Gasteiger partial charge in [-0.15, -0.1) is 10.2 Å². The largest absolute Gasteiger partial charge is 0.467 e. The van der Waals surface area contributed by atoms with Gasteiger partial charge < -0.3 is 20.0 Å². The standard InChI is InChI=1S/C16H23N5O2S/c1-11(15(22)17-10-14-4-3-9-23-14)18-13-5-7-21(8-6-13)16-20-19-12(2)24-16/h3-4,9,11,13,18H,5-8,10H2,1-2H3,(H,17,22). The van der Waals surface area contributed by atoms with E-state index in [4.69, 9.17) is 4.42 Å². The maximum absolute atomic E-state index is 12.2. The minimum atomic E-state index is -0.222. The van der Waals surface area contributed by atoms with Crippen molar-refractivity contribution in [2.45, 2.75) is 45.3 Å². The molecule has 1 unspecified atom stereocenters. The van der Waals surface area contributed by atoms with E-state index in [0.29, 0.717) is 12.6 Å². The topological polar surface area (TPSA) is 83.3 Å². The molecule has 0 bridgehead atoms. The molecule has 2 N–H and O–H groups in total. The zero-order valence-electron chi connectivity index (χ0n) is 14.0. The van der Waals surface area contributed by atoms with Gasteiger partial charge >= 0.3 is 0 Å². The molecule has 3 heterocycles. The molecule has 8 heteroatoms. The molecule has 7 nitrogen and oxygen atoms in total. The Hall–Kier alpha value is -1.93. The van der Waals surface area contributed by atoms with E-state index in [1.54, 1.807) is 17.6 Å². The lowest BCUT2D eigenvalue weighted by atomic mass is 10.0. The first-order valence-corrected chi connectivity index (χ1v) is 9.04. The smallest absolute Gasteiger partial charge is 0.237 e. The van der Waals surface area contributed by atoms with Crippen LogP contribution in [0.1, 0.15) is 30.5 Å². The molecule has 0 radical (unpaired) electrons. The van der Waals surface area contributed by atoms with E-state index in [1.165, 1.54) is 0 Å². The van der Waals surface area contributed by atoms with Crippen molar-refractivity contribution in [3.05, 3.63) is 29.2 Å². The highest BCUT2D eigenvalue weighted by Crippen LogP contribution is 2.23. The fourth-order valence-corrected chi connectivity index (χ4v) is 3.56. The molecular formula is C16H23N5O2S. The summed E-state index contributed by atoms with van der Waals surface area (Å²) >= 11 is 1.63. The Bertz CT molecular complexity index is 649. The third kappa shape index (κ3) is 4.33. The van der Waals surface area contributed by atoms with Crippen molar-refractivity contribution in [2.24, 2.45) is 0 Å². The number of aryl methyl sites for hydroxylation is 1. The van der Waals surface area contributed by atoms with Gasteiger partial charge in [0.25, 0.3) is 0 Å². The Balaban J connectivity index is 1.41. The lowest BCUT2D eigenvalue weighted by Gasteiger charge is -2.33. The summed E-state index contributed by atoms with van der Waals surface area (Å²) in [5.74, 6) is 0.754. The number of hydrogen-bond donors (Lipinski definition) is 2. The van der Waals surface area contributed by atoms with Gasteiger partial charge in [0.1, 0.15) is 10.8 Å². The highest BCUT2D eigenvalue weighted by molar-refractivity contribution is 7.15. The van der Waals surface area contributed by atoms with Crippen LogP contribution < -0.4 is 15.5 Å². The number of piperidine rings is 1. The molecule has 2 aromatic rings. The molecule has 1 atom stereocenters. The first kappa shape index (κ1) is 16.9. The van der Waals surface area contributed by atoms with Gasteiger partial charge in [0, 0.05) is 19.1 Å². The molecule has 1 aliphatic heterocycles. The average Bonchev–Trinajstić information content (AvgIpc) is 3.25. The van der Waals surface area contributed by atoms with E-state index in [-0.39, 0.29) is 11.9 Å². The number of rotatable bonds is 6. The zero-order chi connectivity index (χ0) is 16.9. The van der Waals surface area contributed by atoms with Crippen LogP contribution in [0.25, 0.3) is 0 Å². The van der Waals surface area contributed by atoms with Crippen LogP contribution in [0.2, 0.25) is 0 Å². The van der Waals surface area contributed by atoms with Crippen LogP contribution in [-0.2, 0) is 11.3 Å². The predicted octanol–water partition coefficient (Wildman–Crippen LogP) is 1.70. The van der Waals surface area contributed by atoms with Crippen LogP contribution in [-0.4, -0.2) is 41.3 Å². The molecule has 1 saturated heterocycles. The summed E-state index contributed by atoms with van der Waals surface area (Å²) < 4.78 is 5.22. The van der Waals surface area contributed by atoms with Gasteiger partial charge in [-0.2, -0.15) is 0 Å². The van der Waals surface area contributed by atoms with Gasteiger partial charge in [-0.3, -0.25) is 4.79 Å². The Kier molecular flexibility index (Phi) is 5.47. The van der Waals surface area contributed by atoms with Crippen molar-refractivity contribution < 1.29 is 9.21 Å². The lowest BCUT2D eigenvalue weighted by molar-refractivity contribution is -0.123. The second kappa shape index (κ2) is 7.76. The van der Waals surface area contributed by atoms with Crippen LogP contribution in [0, 0.1) is 6.92 Å². The maximum atomic E-state index is 12.2. The molecule has 2 aromatic heterocycles. The number of aromatic nitrogens is 2. The van der Waals surface area contributed by atoms with Crippen molar-refractivity contribution >= 4 is 22.4 Å². The number of furan rings is 1. The van der Waals surface area contributed by atoms with Crippen molar-refractivity contribution in [3.8, 4) is 0 Å². The van der Waals surface area contributed by atoms with E-state index in [0.717, 1.165) is 41.8 Å². The molecule has 1 amide bonds. The van der Waals surface area contributed by atoms with Gasteiger partial charge in [-0.05, 0) is 38.8 Å². The van der Waals surface area contributed by atoms with Crippen LogP contribution in [0.3, 0.4) is 0 Å². The van der Waals surface area contributed by atoms with E-state index < -0.39 is 0 Å². The molecule has 1 fully saturated rings. The summed E-state index contributed by atoms with van der Waals surface area (Å²) in [6.07, 6.45) is 3.60. The van der Waals surface area contributed by atoms with Crippen LogP contribution in [0.4, 0.5) is 5.13 Å². The minimum Gasteiger partial charge on any atom is -0.467 e. The second-order valence-corrected chi connectivity index (χ2v) is 7.21. The second-order valence-electron chi connectivity index (χ2n) is 6.05. The van der Waals surface area contributed by atoms with Crippen LogP contribution >= 0.6 is 11.3 Å². The van der Waals surface area contributed by atoms with Crippen molar-refractivity contribution in [1.82, 2.24) is 20.8 Å². The normalized spacial score (nSPS) is 17.0. The maximum Gasteiger partial charge on any atom is 0.237 e. The molecule has 24 heavy (non-hydrogen) atoms. The molecule has 0 aromatic carbocycles. The van der Waals surface area contributed by atoms with Gasteiger partial charge in [-0.25, -0.2) is 0 Å². The minimum absolute atomic E-state index is 0.00595. The third-order valence-electron chi connectivity index (χ3n) is 4.18. The van der Waals surface area contributed by atoms with E-state index in [9.17, 15) is 4.79 Å². The lowest BCUT2D eigenvalue weighted by Crippen LogP contribution is -2.50. The van der Waals surface area contributed by atoms with E-state index in [2.05, 4.69) is 25.7 Å². The number of nitrogens with zero attached hydrogens (tertiary/aromatic N) is 3. The first-order chi connectivity index (χ1) is 11.6. The number of amides is 1. The molecule has 0 aliphatic carbocycles. The molecule has 0 saturated carbocycles. The van der Waals surface area contributed by atoms with Crippen molar-refractivity contribution in [3.63, 3.8) is 0 Å². The monoisotopic (exact) mass is 349 g/mol. The summed E-state index contributed by atoms with van der Waals surface area (Å²) in [7, 11) is 0. The number of carbonyl (C=O) groups excluding carboxylic acids is 1. The number of nitrogens with one attached hydrogen (secondary N) is 2. The Morgan fingerprint density at radius 3 is 2.88 bits per heavy atom. The fraction of sp³-hybridized carbons (Fsp3) is 0.562. The molecule has 3 rings (SSSR count). The number of carbonyl (C=O) groups is 1. The molecule has 130 valence electrons. The summed E-state index contributed by atoms with van der Waals surface area (Å²) in [5.41, 5.74) is 0. The van der Waals surface area contributed by atoms with Crippen molar-refractivity contribution in [1.29, 1.82) is 0 Å². The third-order valence-corrected chi connectivity index (χ3v) is 5.08. The summed E-state index contributed by atoms with van der Waals surface area (Å²) in [6.45, 7) is 6.17. The first-order valence-electron chi connectivity index (χ1n) is 8.23. The van der Waals surface area contributed by atoms with Crippen LogP contribution in [0.15, 0.2) is 22.8 Å². The van der Waals surface area contributed by atoms with Crippen LogP contribution in [0.5, 0.6) is 0 Å². The Labute approximate surface area is 145 Å². The SMILES string of the molecule is Cc1nnc(N2CCC(NC(C)C(=O)NCc3ccco3)CC2)s1. The van der Waals surface area contributed by atoms with Gasteiger partial charge in [0.15, 0.2) is 0 Å². The summed E-state index contributed by atoms with van der Waals surface area (Å²) in [5, 5.41) is 16.6. The van der Waals surface area contributed by atoms with Gasteiger partial charge in [0.2, 0.25) is 11.0 Å². The fourth-order valence-electron chi connectivity index (χ4n) is 2.82. The number of anilines is 1. The van der Waals surface area contributed by atoms with Gasteiger partial charge in [-0.1, -0.05) is 11.3 Å². The molecule has 1 aliphatic rings. The Morgan fingerprint density at radius 2 is 2.25 bits per heavy atom. The predicted molar refractivity (Wildman–Crippen MR) is 93.0 cm³/mol. The quantitative estimate of drug-likeness (QED) is 0.826. The summed E-state index contributed by atoms with van der Waals surface area (Å²) in [6, 6.07) is 3.79. The highest BCUT2D eigenvalue weighted by atomic mass is 32.1. The zero-order valence-corrected chi connectivity index (χ0v) is 14.8. The molecule has 0 spiro atoms. The summed E-state index contributed by atoms with van der Waals surface area (Å²) in [4.78, 5) is 14.4. The van der Waals surface area contributed by atoms with E-state index >= 15 is 0 Å². The molecular weight excluding hydrogens is 326 g/mol. The van der Waals surface area contributed by atoms with E-state index in [1.807, 2.05) is 26.0 Å². The Morgan fingerprint density at radius 1 is 1.46 bits per heavy atom. The highest BCUT2D eigenvalue weighted by Gasteiger charge is 2.24. The average molecular weight is 349 g/mol.